The van der Waals surface area contributed by atoms with E-state index in [4.69, 9.17) is 19.7 Å². The van der Waals surface area contributed by atoms with Crippen molar-refractivity contribution < 1.29 is 21.1 Å². The maximum absolute atomic E-state index is 7.54. The van der Waals surface area contributed by atoms with Crippen LogP contribution in [0.2, 0.25) is 0 Å². The molecule has 7 heteroatoms. The molecular weight excluding hydrogens is 699 g/mol. The van der Waals surface area contributed by atoms with Gasteiger partial charge in [-0.2, -0.15) is 0 Å². The summed E-state index contributed by atoms with van der Waals surface area (Å²) in [6, 6.07) is 28.5. The molecular formula is C39H45MoN3P3+6. The Morgan fingerprint density at radius 1 is 0.457 bits per heavy atom. The average molecular weight is 745 g/mol. The summed E-state index contributed by atoms with van der Waals surface area (Å²) in [7, 11) is -0.101. The van der Waals surface area contributed by atoms with E-state index in [0.29, 0.717) is 17.1 Å². The van der Waals surface area contributed by atoms with Gasteiger partial charge in [0.05, 0.1) is 36.7 Å². The summed E-state index contributed by atoms with van der Waals surface area (Å²) in [5.74, 6) is 0. The van der Waals surface area contributed by atoms with E-state index in [0.717, 1.165) is 50.4 Å². The van der Waals surface area contributed by atoms with E-state index in [9.17, 15) is 0 Å². The van der Waals surface area contributed by atoms with Crippen LogP contribution >= 0.6 is 23.8 Å². The zero-order valence-corrected chi connectivity index (χ0v) is 32.8. The van der Waals surface area contributed by atoms with Gasteiger partial charge in [0.2, 0.25) is 0 Å². The van der Waals surface area contributed by atoms with E-state index in [1.54, 1.807) is 37.5 Å². The van der Waals surface area contributed by atoms with Crippen LogP contribution in [0.25, 0.3) is 47.9 Å². The van der Waals surface area contributed by atoms with Crippen molar-refractivity contribution in [3.8, 4) is 33.4 Å². The zero-order chi connectivity index (χ0) is 32.5. The number of nitrogens with zero attached hydrogens (tertiary/aromatic N) is 3. The van der Waals surface area contributed by atoms with E-state index >= 15 is 0 Å². The maximum Gasteiger partial charge on any atom is 3.00 e. The van der Waals surface area contributed by atoms with Gasteiger partial charge in [-0.1, -0.05) is 72.8 Å². The number of benzene rings is 4. The summed E-state index contributed by atoms with van der Waals surface area (Å²) in [6.45, 7) is 37.8. The minimum atomic E-state index is -0.0338. The fourth-order valence-electron chi connectivity index (χ4n) is 6.27. The first-order valence-corrected chi connectivity index (χ1v) is 23.4. The summed E-state index contributed by atoms with van der Waals surface area (Å²) in [4.78, 5) is 11.0. The Kier molecular flexibility index (Phi) is 14.8. The first-order valence-electron chi connectivity index (χ1n) is 15.6. The molecule has 1 fully saturated rings. The summed E-state index contributed by atoms with van der Waals surface area (Å²) < 4.78 is 0. The van der Waals surface area contributed by atoms with Crippen molar-refractivity contribution in [3.63, 3.8) is 0 Å². The van der Waals surface area contributed by atoms with Gasteiger partial charge < -0.3 is 0 Å². The first-order chi connectivity index (χ1) is 21.7. The normalized spacial score (nSPS) is 17.2. The van der Waals surface area contributed by atoms with Crippen LogP contribution in [0.15, 0.2) is 91.0 Å². The maximum atomic E-state index is 7.54. The van der Waals surface area contributed by atoms with Gasteiger partial charge in [0, 0.05) is 59.3 Å². The molecule has 0 aliphatic heterocycles. The van der Waals surface area contributed by atoms with Gasteiger partial charge in [-0.3, -0.25) is 0 Å². The molecule has 46 heavy (non-hydrogen) atoms. The van der Waals surface area contributed by atoms with E-state index < -0.39 is 0 Å². The molecule has 0 amide bonds. The molecule has 1 radical (unpaired) electrons. The Morgan fingerprint density at radius 2 is 0.696 bits per heavy atom. The molecule has 0 N–H and O–H groups in total. The van der Waals surface area contributed by atoms with Gasteiger partial charge in [-0.15, -0.1) is 0 Å². The smallest absolute Gasteiger partial charge is 0.238 e. The van der Waals surface area contributed by atoms with E-state index in [2.05, 4.69) is 54.5 Å². The number of rotatable bonds is 6. The fraction of sp³-hybridized carbons (Fsp3) is 0.308. The number of hydrogen-bond acceptors (Lipinski definition) is 0. The van der Waals surface area contributed by atoms with Gasteiger partial charge in [0.25, 0.3) is 0 Å². The van der Waals surface area contributed by atoms with Crippen molar-refractivity contribution in [2.45, 2.75) is 36.2 Å². The average Bonchev–Trinajstić information content (AvgIpc) is 3.07. The van der Waals surface area contributed by atoms with Gasteiger partial charge in [0.15, 0.2) is 17.1 Å². The molecule has 0 aromatic heterocycles. The molecule has 4 aromatic carbocycles. The van der Waals surface area contributed by atoms with Crippen molar-refractivity contribution in [3.05, 3.63) is 125 Å². The minimum absolute atomic E-state index is 0. The van der Waals surface area contributed by atoms with Crippen LogP contribution in [0, 0.1) is 19.7 Å². The molecule has 0 unspecified atom stereocenters. The van der Waals surface area contributed by atoms with Gasteiger partial charge >= 0.3 is 21.1 Å². The van der Waals surface area contributed by atoms with E-state index in [-0.39, 0.29) is 44.8 Å². The zero-order valence-electron chi connectivity index (χ0n) is 27.8. The third kappa shape index (κ3) is 9.45. The van der Waals surface area contributed by atoms with Crippen LogP contribution in [0.4, 0.5) is 17.1 Å². The molecule has 5 rings (SSSR count). The Hall–Kier alpha value is -2.67. The molecule has 1 aliphatic rings. The molecule has 0 saturated heterocycles. The summed E-state index contributed by atoms with van der Waals surface area (Å²) in [5, 5.41) is 0. The molecule has 0 heterocycles. The number of hydrogen-bond donors (Lipinski definition) is 0. The molecule has 1 aliphatic carbocycles. The number of para-hydroxylation sites is 3. The Bertz CT molecular complexity index is 1520. The molecule has 0 spiro atoms. The Balaban J connectivity index is 0.000000306. The Morgan fingerprint density at radius 3 is 0.913 bits per heavy atom. The second kappa shape index (κ2) is 18.0. The standard InChI is InChI=1S/C27H15N3.C12H27P3.Mo/c1-28-25-13-7-4-10-22(25)19-16-20(23-11-5-8-14-26(23)29-2)18-21(17-19)24-12-6-9-15-27(24)30-3;1-13(2)10-7-11(14(3)4)9-12(8-10)15(5)6;/h4-18H;10-12H,7-9H2,1-6H3;/q;;+3/p+3. The van der Waals surface area contributed by atoms with Crippen LogP contribution in [-0.4, -0.2) is 57.0 Å². The van der Waals surface area contributed by atoms with Crippen LogP contribution in [-0.2, 0) is 21.1 Å². The summed E-state index contributed by atoms with van der Waals surface area (Å²) >= 11 is 0. The predicted octanol–water partition coefficient (Wildman–Crippen LogP) is 12.0. The third-order valence-electron chi connectivity index (χ3n) is 9.10. The van der Waals surface area contributed by atoms with Crippen LogP contribution < -0.4 is 0 Å². The van der Waals surface area contributed by atoms with Crippen molar-refractivity contribution in [1.29, 1.82) is 0 Å². The molecule has 0 atom stereocenters. The molecule has 1 saturated carbocycles. The second-order valence-corrected chi connectivity index (χ2v) is 21.6. The van der Waals surface area contributed by atoms with Crippen LogP contribution in [0.5, 0.6) is 0 Å². The van der Waals surface area contributed by atoms with Crippen molar-refractivity contribution in [1.82, 2.24) is 0 Å². The SMILES string of the molecule is C[PH+](C)C1CC([PH+](C)C)CC([PH+](C)C)C1.[C-]#[N+]c1ccccc1-c1cc(-c2ccccc2[N+]#[C-])cc(-c2ccccc2[N+]#[C-])c1.[Mo+3]. The van der Waals surface area contributed by atoms with Crippen LogP contribution in [0.1, 0.15) is 19.3 Å². The monoisotopic (exact) mass is 746 g/mol. The van der Waals surface area contributed by atoms with Crippen molar-refractivity contribution in [2.75, 3.05) is 40.0 Å². The molecule has 231 valence electrons. The van der Waals surface area contributed by atoms with E-state index in [1.165, 1.54) is 0 Å². The quantitative estimate of drug-likeness (QED) is 0.106. The van der Waals surface area contributed by atoms with Crippen molar-refractivity contribution >= 4 is 40.8 Å². The fourth-order valence-corrected chi connectivity index (χ4v) is 11.5. The van der Waals surface area contributed by atoms with E-state index in [1.807, 2.05) is 72.8 Å². The second-order valence-electron chi connectivity index (χ2n) is 12.7. The van der Waals surface area contributed by atoms with Gasteiger partial charge in [-0.25, -0.2) is 14.5 Å². The predicted molar refractivity (Wildman–Crippen MR) is 207 cm³/mol. The molecule has 4 aromatic rings. The molecule has 3 nitrogen and oxygen atoms in total. The first kappa shape index (κ1) is 37.8. The summed E-state index contributed by atoms with van der Waals surface area (Å²) in [6.07, 6.45) is 4.77. The minimum Gasteiger partial charge on any atom is -0.238 e. The largest absolute Gasteiger partial charge is 3.00 e. The van der Waals surface area contributed by atoms with Gasteiger partial charge in [-0.05, 0) is 75.3 Å². The van der Waals surface area contributed by atoms with Crippen LogP contribution in [0.3, 0.4) is 0 Å². The van der Waals surface area contributed by atoms with Crippen molar-refractivity contribution in [2.24, 2.45) is 0 Å². The molecule has 0 bridgehead atoms. The topological polar surface area (TPSA) is 13.1 Å². The van der Waals surface area contributed by atoms with Gasteiger partial charge in [0.1, 0.15) is 0 Å². The Labute approximate surface area is 295 Å². The third-order valence-corrected chi connectivity index (χ3v) is 15.4. The summed E-state index contributed by atoms with van der Waals surface area (Å²) in [5.41, 5.74) is 10.3.